The summed E-state index contributed by atoms with van der Waals surface area (Å²) >= 11 is 22.5. The first-order valence-corrected chi connectivity index (χ1v) is 40.2. The third kappa shape index (κ3) is 19.3. The van der Waals surface area contributed by atoms with E-state index in [4.69, 9.17) is 103 Å². The third-order valence-corrected chi connectivity index (χ3v) is 22.0. The number of hydrogen-bond donors (Lipinski definition) is 4. The van der Waals surface area contributed by atoms with Gasteiger partial charge in [0, 0.05) is 107 Å². The topological polar surface area (TPSA) is 415 Å². The predicted molar refractivity (Wildman–Crippen MR) is 419 cm³/mol. The number of nitrogens with one attached hydrogen (secondary N) is 3. The normalized spacial score (nSPS) is 18.8. The number of carbonyl (C=O) groups excluding carboxylic acids is 9. The number of carbonyl (C=O) groups is 9. The van der Waals surface area contributed by atoms with Crippen LogP contribution in [0.5, 0.6) is 17.2 Å². The molecule has 6 aromatic rings. The molecule has 3 saturated heterocycles. The lowest BCUT2D eigenvalue weighted by molar-refractivity contribution is -0.110. The molecule has 15 rings (SSSR count). The van der Waals surface area contributed by atoms with Crippen molar-refractivity contribution in [3.63, 3.8) is 0 Å². The van der Waals surface area contributed by atoms with Gasteiger partial charge in [-0.1, -0.05) is 82.8 Å². The fourth-order valence-corrected chi connectivity index (χ4v) is 16.3. The van der Waals surface area contributed by atoms with Gasteiger partial charge in [-0.15, -0.1) is 0 Å². The number of halogens is 7. The van der Waals surface area contributed by atoms with E-state index in [1.54, 1.807) is 53.7 Å². The summed E-state index contributed by atoms with van der Waals surface area (Å²) in [6, 6.07) is 12.0. The zero-order valence-electron chi connectivity index (χ0n) is 65.8. The Bertz CT molecular complexity index is 4990. The Hall–Kier alpha value is -10.8. The predicted octanol–water partition coefficient (Wildman–Crippen LogP) is 8.13. The SMILES string of the molecule is COCCCOC(=O)OCCl.COCCOC(=O)OCOc1c2n3c(c(C(=O)NCc4cccc(Cl)c4F)c1=O)CC[C@@H]3[C@@H]1OCCCN1C2=O.COCCOC(=O)OCOc1c2n3c(c(C(=O)NCc4cccc(Cl)c4F)c1=O)CC[C@@H]3[C@@H]1OCCCN1C2=O.O=C(NCc1cccc(Cl)c1F)c1c2n3c(c(O)c1=O)C(=O)N1CCCO[C@H]1[C@H]3CC2. The lowest BCUT2D eigenvalue weighted by atomic mass is 10.1. The summed E-state index contributed by atoms with van der Waals surface area (Å²) in [5.41, 5.74) is -2.01. The summed E-state index contributed by atoms with van der Waals surface area (Å²) in [5.74, 6) is -7.41. The van der Waals surface area contributed by atoms with E-state index in [2.05, 4.69) is 25.4 Å². The zero-order chi connectivity index (χ0) is 87.2. The van der Waals surface area contributed by atoms with Gasteiger partial charge < -0.3 is 116 Å². The summed E-state index contributed by atoms with van der Waals surface area (Å²) in [6.07, 6.45) is 0.702. The average molecular weight is 1790 g/mol. The zero-order valence-corrected chi connectivity index (χ0v) is 68.9. The molecule has 36 nitrogen and oxygen atoms in total. The number of nitrogens with zero attached hydrogens (tertiary/aromatic N) is 6. The number of ether oxygens (including phenoxy) is 14. The van der Waals surface area contributed by atoms with Crippen LogP contribution in [0.1, 0.15) is 159 Å². The van der Waals surface area contributed by atoms with E-state index in [1.807, 2.05) is 0 Å². The lowest BCUT2D eigenvalue weighted by Crippen LogP contribution is -2.55. The highest BCUT2D eigenvalue weighted by molar-refractivity contribution is 6.31. The molecule has 6 atom stereocenters. The molecule has 43 heteroatoms. The molecule has 0 radical (unpaired) electrons. The van der Waals surface area contributed by atoms with E-state index in [1.165, 1.54) is 50.6 Å². The molecule has 0 spiro atoms. The lowest BCUT2D eigenvalue weighted by Gasteiger charge is -2.44. The van der Waals surface area contributed by atoms with Gasteiger partial charge >= 0.3 is 18.5 Å². The van der Waals surface area contributed by atoms with Gasteiger partial charge in [0.1, 0.15) is 47.4 Å². The van der Waals surface area contributed by atoms with E-state index in [9.17, 15) is 75.8 Å². The number of fused-ring (bicyclic) bond motifs is 6. The maximum atomic E-state index is 14.4. The highest BCUT2D eigenvalue weighted by Crippen LogP contribution is 2.46. The van der Waals surface area contributed by atoms with Crippen molar-refractivity contribution in [3.05, 3.63) is 185 Å². The van der Waals surface area contributed by atoms with Crippen molar-refractivity contribution in [2.45, 2.75) is 121 Å². The molecule has 0 bridgehead atoms. The van der Waals surface area contributed by atoms with Crippen LogP contribution in [0.15, 0.2) is 69.0 Å². The van der Waals surface area contributed by atoms with Gasteiger partial charge in [0.05, 0.1) is 72.8 Å². The number of benzene rings is 3. The van der Waals surface area contributed by atoms with Gasteiger partial charge in [-0.25, -0.2) is 27.6 Å². The highest BCUT2D eigenvalue weighted by Gasteiger charge is 2.52. The minimum absolute atomic E-state index is 0.0435. The van der Waals surface area contributed by atoms with Crippen molar-refractivity contribution in [2.24, 2.45) is 0 Å². The molecule has 0 unspecified atom stereocenters. The van der Waals surface area contributed by atoms with Crippen LogP contribution in [0, 0.1) is 17.5 Å². The van der Waals surface area contributed by atoms with Crippen LogP contribution in [0.3, 0.4) is 0 Å². The molecule has 0 saturated carbocycles. The van der Waals surface area contributed by atoms with Crippen LogP contribution in [-0.4, -0.2) is 226 Å². The molecular weight excluding hydrogens is 1710 g/mol. The summed E-state index contributed by atoms with van der Waals surface area (Å²) in [7, 11) is 4.45. The molecule has 4 N–H and O–H groups in total. The van der Waals surface area contributed by atoms with Crippen LogP contribution >= 0.6 is 46.4 Å². The number of rotatable bonds is 26. The minimum atomic E-state index is -1.07. The molecule has 3 aromatic heterocycles. The van der Waals surface area contributed by atoms with Crippen molar-refractivity contribution in [1.29, 1.82) is 0 Å². The van der Waals surface area contributed by atoms with E-state index in [-0.39, 0.29) is 136 Å². The molecule has 0 aliphatic carbocycles. The molecule has 3 aromatic carbocycles. The quantitative estimate of drug-likeness (QED) is 0.0131. The molecule has 122 heavy (non-hydrogen) atoms. The fourth-order valence-electron chi connectivity index (χ4n) is 15.7. The first kappa shape index (κ1) is 90.5. The van der Waals surface area contributed by atoms with Gasteiger partial charge in [0.2, 0.25) is 41.4 Å². The third-order valence-electron chi connectivity index (χ3n) is 21.0. The molecule has 3 fully saturated rings. The van der Waals surface area contributed by atoms with E-state index >= 15 is 0 Å². The van der Waals surface area contributed by atoms with Gasteiger partial charge in [0.15, 0.2) is 47.6 Å². The Morgan fingerprint density at radius 3 is 1.15 bits per heavy atom. The Labute approximate surface area is 712 Å². The van der Waals surface area contributed by atoms with Crippen molar-refractivity contribution >= 4 is 100 Å². The molecule has 6 amide bonds. The van der Waals surface area contributed by atoms with E-state index < -0.39 is 137 Å². The van der Waals surface area contributed by atoms with Crippen LogP contribution in [0.25, 0.3) is 0 Å². The van der Waals surface area contributed by atoms with Gasteiger partial charge in [-0.05, 0) is 76.0 Å². The van der Waals surface area contributed by atoms with E-state index in [0.717, 1.165) is 0 Å². The first-order valence-electron chi connectivity index (χ1n) is 38.6. The Kier molecular flexibility index (Phi) is 30.7. The monoisotopic (exact) mass is 1790 g/mol. The number of aromatic hydroxyl groups is 1. The van der Waals surface area contributed by atoms with Gasteiger partial charge in [0.25, 0.3) is 35.4 Å². The molecule has 9 aliphatic rings. The fraction of sp³-hybridized carbons (Fsp3) is 0.468. The second kappa shape index (κ2) is 41.4. The smallest absolute Gasteiger partial charge is 0.503 e. The minimum Gasteiger partial charge on any atom is -0.503 e. The van der Waals surface area contributed by atoms with Gasteiger partial charge in [-0.3, -0.25) is 43.2 Å². The largest absolute Gasteiger partial charge is 0.511 e. The summed E-state index contributed by atoms with van der Waals surface area (Å²) in [5, 5.41) is 18.0. The second-order valence-corrected chi connectivity index (χ2v) is 29.6. The van der Waals surface area contributed by atoms with Crippen LogP contribution < -0.4 is 41.7 Å². The number of aromatic nitrogens is 3. The highest BCUT2D eigenvalue weighted by atomic mass is 35.5. The van der Waals surface area contributed by atoms with Crippen LogP contribution in [-0.2, 0) is 95.7 Å². The molecule has 9 aliphatic heterocycles. The van der Waals surface area contributed by atoms with E-state index in [0.29, 0.717) is 134 Å². The Morgan fingerprint density at radius 2 is 0.787 bits per heavy atom. The van der Waals surface area contributed by atoms with Crippen molar-refractivity contribution in [2.75, 3.05) is 120 Å². The summed E-state index contributed by atoms with van der Waals surface area (Å²) < 4.78 is 119. The standard InChI is InChI=1S/2C26H27ClFN3O9.C21H19ClFN3O5.C6H11ClO4/c2*1-36-10-11-38-26(35)40-13-39-22-20-24(34)30-8-3-9-37-25(30)17-7-6-16(31(17)20)18(21(22)32)23(33)29-12-14-4-2-5-15(27)19(14)28;22-11-4-1-3-10(15(11)23)9-24-19(29)14-12-5-6-13-21-25(7-2-8-31-21)20(30)16(26(12)13)18(28)17(14)27;1-9-3-2-4-10-6(8)11-5-7/h2*2,4-5,17,25H,3,6-13H2,1H3,(H,29,33);1,3-4,13,21,28H,2,5-9H2,(H,24,29);2-5H2,1H3/t2*17-,25+;13-,21+;/m111./s1. The van der Waals surface area contributed by atoms with Gasteiger partial charge in [-0.2, -0.15) is 0 Å². The van der Waals surface area contributed by atoms with Crippen LogP contribution in [0.2, 0.25) is 15.1 Å². The number of amides is 6. The van der Waals surface area contributed by atoms with Crippen LogP contribution in [0.4, 0.5) is 27.6 Å². The van der Waals surface area contributed by atoms with Crippen molar-refractivity contribution in [3.8, 4) is 17.2 Å². The average Bonchev–Trinajstić information content (AvgIpc) is 1.57. The second-order valence-electron chi connectivity index (χ2n) is 28.2. The Morgan fingerprint density at radius 1 is 0.451 bits per heavy atom. The van der Waals surface area contributed by atoms with Crippen molar-refractivity contribution < 1.29 is 128 Å². The summed E-state index contributed by atoms with van der Waals surface area (Å²) in [4.78, 5) is 159. The Balaban J connectivity index is 0.000000158. The molecule has 656 valence electrons. The maximum absolute atomic E-state index is 14.4. The number of methoxy groups -OCH3 is 3. The first-order chi connectivity index (χ1) is 58.9. The molecule has 12 heterocycles. The number of pyridine rings is 3. The number of alkyl halides is 1. The summed E-state index contributed by atoms with van der Waals surface area (Å²) in [6.45, 7) is 1.68. The van der Waals surface area contributed by atoms with Crippen molar-refractivity contribution in [1.82, 2.24) is 44.4 Å². The number of hydrogen-bond acceptors (Lipinski definition) is 27. The molecular formula is C79H84Cl4F3N9O27. The maximum Gasteiger partial charge on any atom is 0.511 e.